The lowest BCUT2D eigenvalue weighted by molar-refractivity contribution is -0.123. The first-order chi connectivity index (χ1) is 6.08. The van der Waals surface area contributed by atoms with E-state index in [0.29, 0.717) is 19.4 Å². The summed E-state index contributed by atoms with van der Waals surface area (Å²) in [6.45, 7) is 3.95. The van der Waals surface area contributed by atoms with Crippen molar-refractivity contribution >= 4 is 5.91 Å². The molecule has 0 fully saturated rings. The van der Waals surface area contributed by atoms with Crippen LogP contribution in [-0.4, -0.2) is 25.2 Å². The van der Waals surface area contributed by atoms with Gasteiger partial charge in [-0.25, -0.2) is 0 Å². The van der Waals surface area contributed by atoms with Crippen LogP contribution in [0.15, 0.2) is 0 Å². The molecule has 0 rings (SSSR count). The van der Waals surface area contributed by atoms with E-state index in [4.69, 9.17) is 10.00 Å². The van der Waals surface area contributed by atoms with Gasteiger partial charge in [-0.1, -0.05) is 6.92 Å². The molecule has 1 atom stereocenters. The third kappa shape index (κ3) is 4.48. The Morgan fingerprint density at radius 2 is 2.31 bits per heavy atom. The van der Waals surface area contributed by atoms with Crippen molar-refractivity contribution in [2.45, 2.75) is 32.2 Å². The monoisotopic (exact) mass is 184 g/mol. The third-order valence-electron chi connectivity index (χ3n) is 1.90. The Balaban J connectivity index is 3.97. The SMILES string of the molecule is CCC(C)(C#N)NC(=O)CCOC. The highest BCUT2D eigenvalue weighted by molar-refractivity contribution is 5.77. The summed E-state index contributed by atoms with van der Waals surface area (Å²) in [6, 6.07) is 2.06. The Bertz CT molecular complexity index is 210. The van der Waals surface area contributed by atoms with Crippen molar-refractivity contribution < 1.29 is 9.53 Å². The lowest BCUT2D eigenvalue weighted by Crippen LogP contribution is -2.44. The van der Waals surface area contributed by atoms with E-state index in [1.165, 1.54) is 7.11 Å². The number of nitriles is 1. The molecule has 0 aromatic rings. The molecular formula is C9H16N2O2. The van der Waals surface area contributed by atoms with Crippen molar-refractivity contribution in [2.24, 2.45) is 0 Å². The van der Waals surface area contributed by atoms with Crippen molar-refractivity contribution in [3.63, 3.8) is 0 Å². The fourth-order valence-corrected chi connectivity index (χ4v) is 0.760. The van der Waals surface area contributed by atoms with E-state index in [1.807, 2.05) is 6.92 Å². The highest BCUT2D eigenvalue weighted by Crippen LogP contribution is 2.06. The number of carbonyl (C=O) groups excluding carboxylic acids is 1. The molecule has 0 bridgehead atoms. The summed E-state index contributed by atoms with van der Waals surface area (Å²) in [5.41, 5.74) is -0.745. The van der Waals surface area contributed by atoms with Gasteiger partial charge in [0.2, 0.25) is 5.91 Å². The average Bonchev–Trinajstić information content (AvgIpc) is 2.14. The molecule has 0 aliphatic carbocycles. The van der Waals surface area contributed by atoms with Crippen LogP contribution in [0.1, 0.15) is 26.7 Å². The molecule has 0 saturated carbocycles. The van der Waals surface area contributed by atoms with Gasteiger partial charge in [0.1, 0.15) is 5.54 Å². The zero-order valence-corrected chi connectivity index (χ0v) is 8.39. The number of hydrogen-bond donors (Lipinski definition) is 1. The van der Waals surface area contributed by atoms with E-state index < -0.39 is 5.54 Å². The molecule has 1 unspecified atom stereocenters. The Hall–Kier alpha value is -1.08. The minimum Gasteiger partial charge on any atom is -0.384 e. The predicted molar refractivity (Wildman–Crippen MR) is 48.9 cm³/mol. The Morgan fingerprint density at radius 3 is 2.69 bits per heavy atom. The quantitative estimate of drug-likeness (QED) is 0.688. The lowest BCUT2D eigenvalue weighted by Gasteiger charge is -2.20. The molecule has 1 N–H and O–H groups in total. The number of nitrogens with zero attached hydrogens (tertiary/aromatic N) is 1. The van der Waals surface area contributed by atoms with Crippen molar-refractivity contribution in [2.75, 3.05) is 13.7 Å². The van der Waals surface area contributed by atoms with Gasteiger partial charge < -0.3 is 10.1 Å². The minimum atomic E-state index is -0.745. The second kappa shape index (κ2) is 5.55. The van der Waals surface area contributed by atoms with E-state index in [9.17, 15) is 4.79 Å². The van der Waals surface area contributed by atoms with Gasteiger partial charge in [-0.3, -0.25) is 4.79 Å². The van der Waals surface area contributed by atoms with Gasteiger partial charge in [-0.05, 0) is 13.3 Å². The summed E-state index contributed by atoms with van der Waals surface area (Å²) in [4.78, 5) is 11.2. The summed E-state index contributed by atoms with van der Waals surface area (Å²) in [7, 11) is 1.54. The zero-order chi connectivity index (χ0) is 10.3. The summed E-state index contributed by atoms with van der Waals surface area (Å²) in [5, 5.41) is 11.4. The molecular weight excluding hydrogens is 168 g/mol. The number of nitrogens with one attached hydrogen (secondary N) is 1. The van der Waals surface area contributed by atoms with Crippen molar-refractivity contribution in [1.29, 1.82) is 5.26 Å². The van der Waals surface area contributed by atoms with Gasteiger partial charge in [-0.15, -0.1) is 0 Å². The van der Waals surface area contributed by atoms with Crippen LogP contribution in [0.4, 0.5) is 0 Å². The van der Waals surface area contributed by atoms with Gasteiger partial charge in [0.25, 0.3) is 0 Å². The van der Waals surface area contributed by atoms with E-state index in [2.05, 4.69) is 11.4 Å². The van der Waals surface area contributed by atoms with Crippen molar-refractivity contribution in [3.8, 4) is 6.07 Å². The fraction of sp³-hybridized carbons (Fsp3) is 0.778. The summed E-state index contributed by atoms with van der Waals surface area (Å²) in [5.74, 6) is -0.146. The molecule has 4 nitrogen and oxygen atoms in total. The molecule has 0 aromatic heterocycles. The first kappa shape index (κ1) is 11.9. The Morgan fingerprint density at radius 1 is 1.69 bits per heavy atom. The fourth-order valence-electron chi connectivity index (χ4n) is 0.760. The minimum absolute atomic E-state index is 0.146. The number of hydrogen-bond acceptors (Lipinski definition) is 3. The van der Waals surface area contributed by atoms with Gasteiger partial charge in [0.15, 0.2) is 0 Å². The van der Waals surface area contributed by atoms with Gasteiger partial charge in [0.05, 0.1) is 12.7 Å². The van der Waals surface area contributed by atoms with Crippen LogP contribution in [0.2, 0.25) is 0 Å². The van der Waals surface area contributed by atoms with E-state index in [0.717, 1.165) is 0 Å². The average molecular weight is 184 g/mol. The second-order valence-corrected chi connectivity index (χ2v) is 3.09. The van der Waals surface area contributed by atoms with E-state index in [-0.39, 0.29) is 5.91 Å². The molecule has 0 saturated heterocycles. The molecule has 1 amide bonds. The van der Waals surface area contributed by atoms with Crippen LogP contribution in [0, 0.1) is 11.3 Å². The predicted octanol–water partition coefficient (Wildman–Crippen LogP) is 0.831. The molecule has 13 heavy (non-hydrogen) atoms. The largest absolute Gasteiger partial charge is 0.384 e. The van der Waals surface area contributed by atoms with E-state index in [1.54, 1.807) is 6.92 Å². The molecule has 0 radical (unpaired) electrons. The lowest BCUT2D eigenvalue weighted by atomic mass is 10.0. The summed E-state index contributed by atoms with van der Waals surface area (Å²) in [6.07, 6.45) is 0.899. The number of methoxy groups -OCH3 is 1. The maximum absolute atomic E-state index is 11.2. The molecule has 0 aliphatic heterocycles. The highest BCUT2D eigenvalue weighted by atomic mass is 16.5. The van der Waals surface area contributed by atoms with Crippen molar-refractivity contribution in [1.82, 2.24) is 5.32 Å². The molecule has 0 aromatic carbocycles. The van der Waals surface area contributed by atoms with Crippen LogP contribution in [0.3, 0.4) is 0 Å². The molecule has 0 heterocycles. The van der Waals surface area contributed by atoms with Crippen LogP contribution >= 0.6 is 0 Å². The highest BCUT2D eigenvalue weighted by Gasteiger charge is 2.22. The van der Waals surface area contributed by atoms with Gasteiger partial charge >= 0.3 is 0 Å². The number of amides is 1. The van der Waals surface area contributed by atoms with Gasteiger partial charge in [-0.2, -0.15) is 5.26 Å². The number of rotatable bonds is 5. The maximum Gasteiger partial charge on any atom is 0.223 e. The number of ether oxygens (including phenoxy) is 1. The van der Waals surface area contributed by atoms with Gasteiger partial charge in [0, 0.05) is 13.5 Å². The molecule has 0 spiro atoms. The van der Waals surface area contributed by atoms with Crippen molar-refractivity contribution in [3.05, 3.63) is 0 Å². The third-order valence-corrected chi connectivity index (χ3v) is 1.90. The van der Waals surface area contributed by atoms with Crippen LogP contribution in [-0.2, 0) is 9.53 Å². The standard InChI is InChI=1S/C9H16N2O2/c1-4-9(2,7-10)11-8(12)5-6-13-3/h4-6H2,1-3H3,(H,11,12). The maximum atomic E-state index is 11.2. The first-order valence-corrected chi connectivity index (χ1v) is 4.29. The summed E-state index contributed by atoms with van der Waals surface area (Å²) < 4.78 is 4.75. The normalized spacial score (nSPS) is 14.3. The molecule has 0 aliphatic rings. The van der Waals surface area contributed by atoms with E-state index >= 15 is 0 Å². The first-order valence-electron chi connectivity index (χ1n) is 4.29. The van der Waals surface area contributed by atoms with Crippen LogP contribution < -0.4 is 5.32 Å². The number of carbonyl (C=O) groups is 1. The zero-order valence-electron chi connectivity index (χ0n) is 8.39. The molecule has 74 valence electrons. The smallest absolute Gasteiger partial charge is 0.223 e. The topological polar surface area (TPSA) is 62.1 Å². The second-order valence-electron chi connectivity index (χ2n) is 3.09. The molecule has 4 heteroatoms. The summed E-state index contributed by atoms with van der Waals surface area (Å²) >= 11 is 0. The Labute approximate surface area is 78.9 Å². The van der Waals surface area contributed by atoms with Crippen LogP contribution in [0.5, 0.6) is 0 Å². The van der Waals surface area contributed by atoms with Crippen LogP contribution in [0.25, 0.3) is 0 Å². The Kier molecular flexibility index (Phi) is 5.09.